The Hall–Kier alpha value is -1.22. The number of unbranched alkanes of at least 4 members (excludes halogenated alkanes) is 1. The van der Waals surface area contributed by atoms with Crippen molar-refractivity contribution >= 4 is 11.9 Å². The number of carbonyl (C=O) groups excluding carboxylic acids is 1. The molecule has 0 aliphatic heterocycles. The van der Waals surface area contributed by atoms with Gasteiger partial charge in [-0.15, -0.1) is 0 Å². The molecular weight excluding hydrogens is 278 g/mol. The third kappa shape index (κ3) is 18.8. The molecule has 0 aliphatic carbocycles. The average molecular weight is 307 g/mol. The van der Waals surface area contributed by atoms with Crippen molar-refractivity contribution < 1.29 is 29.4 Å². The lowest BCUT2D eigenvalue weighted by atomic mass is 10.1. The lowest BCUT2D eigenvalue weighted by molar-refractivity contribution is -0.873. The van der Waals surface area contributed by atoms with E-state index in [0.29, 0.717) is 24.0 Å². The molecule has 0 spiro atoms. The fourth-order valence-corrected chi connectivity index (χ4v) is 1.52. The van der Waals surface area contributed by atoms with Crippen LogP contribution in [0.3, 0.4) is 0 Å². The van der Waals surface area contributed by atoms with Gasteiger partial charge >= 0.3 is 5.97 Å². The van der Waals surface area contributed by atoms with Crippen molar-refractivity contribution in [1.29, 1.82) is 0 Å². The molecule has 8 heteroatoms. The Bertz CT molecular complexity index is 305. The Morgan fingerprint density at radius 1 is 1.24 bits per heavy atom. The summed E-state index contributed by atoms with van der Waals surface area (Å²) in [5, 5.41) is 27.5. The quantitative estimate of drug-likeness (QED) is 0.277. The highest BCUT2D eigenvalue weighted by molar-refractivity contribution is 5.72. The molecule has 0 fully saturated rings. The van der Waals surface area contributed by atoms with Gasteiger partial charge in [-0.3, -0.25) is 4.79 Å². The molecule has 2 atom stereocenters. The molecule has 0 radical (unpaired) electrons. The molecule has 0 saturated heterocycles. The molecule has 126 valence electrons. The topological polar surface area (TPSA) is 150 Å². The van der Waals surface area contributed by atoms with Crippen LogP contribution in [-0.2, 0) is 9.59 Å². The molecule has 6 N–H and O–H groups in total. The Balaban J connectivity index is 0. The van der Waals surface area contributed by atoms with Crippen LogP contribution < -0.4 is 16.6 Å². The van der Waals surface area contributed by atoms with Gasteiger partial charge in [0.1, 0.15) is 18.7 Å². The zero-order valence-electron chi connectivity index (χ0n) is 13.1. The summed E-state index contributed by atoms with van der Waals surface area (Å²) in [5.74, 6) is -2.14. The highest BCUT2D eigenvalue weighted by atomic mass is 16.4. The van der Waals surface area contributed by atoms with E-state index in [1.807, 2.05) is 21.1 Å². The van der Waals surface area contributed by atoms with Gasteiger partial charge in [-0.25, -0.2) is 0 Å². The molecule has 1 unspecified atom stereocenters. The summed E-state index contributed by atoms with van der Waals surface area (Å²) >= 11 is 0. The number of rotatable bonds is 9. The summed E-state index contributed by atoms with van der Waals surface area (Å²) in [5.41, 5.74) is 10.4. The second-order valence-electron chi connectivity index (χ2n) is 5.93. The van der Waals surface area contributed by atoms with Crippen LogP contribution in [0.4, 0.5) is 0 Å². The molecule has 0 aromatic rings. The standard InChI is InChI=1S/C7H15NO3.C6H14N2O2/c1-8(2,3)5-6(9)4-7(10)11;7-4-2-1-3-5(8)6(9)10/h6,9H,4-5H2,1-3H3;5H,1-4,7-8H2,(H,9,10)/t;5-/m.0/s1. The van der Waals surface area contributed by atoms with Crippen LogP contribution in [0.1, 0.15) is 25.7 Å². The zero-order chi connectivity index (χ0) is 17.1. The molecule has 0 aliphatic rings. The highest BCUT2D eigenvalue weighted by Gasteiger charge is 2.14. The smallest absolute Gasteiger partial charge is 0.320 e. The number of hydrogen-bond donors (Lipinski definition) is 4. The second-order valence-corrected chi connectivity index (χ2v) is 5.93. The highest BCUT2D eigenvalue weighted by Crippen LogP contribution is 1.98. The van der Waals surface area contributed by atoms with Crippen molar-refractivity contribution in [3.05, 3.63) is 0 Å². The second kappa shape index (κ2) is 11.4. The monoisotopic (exact) mass is 307 g/mol. The molecule has 21 heavy (non-hydrogen) atoms. The normalized spacial score (nSPS) is 13.8. The Morgan fingerprint density at radius 3 is 2.10 bits per heavy atom. The first-order valence-corrected chi connectivity index (χ1v) is 6.86. The van der Waals surface area contributed by atoms with Gasteiger partial charge in [0.25, 0.3) is 0 Å². The summed E-state index contributed by atoms with van der Waals surface area (Å²) in [7, 11) is 5.66. The van der Waals surface area contributed by atoms with Crippen molar-refractivity contribution in [2.75, 3.05) is 34.2 Å². The molecule has 0 saturated carbocycles. The lowest BCUT2D eigenvalue weighted by Gasteiger charge is -2.26. The van der Waals surface area contributed by atoms with E-state index in [0.717, 1.165) is 12.8 Å². The first-order valence-electron chi connectivity index (χ1n) is 6.86. The zero-order valence-corrected chi connectivity index (χ0v) is 13.1. The summed E-state index contributed by atoms with van der Waals surface area (Å²) in [6, 6.07) is -0.716. The largest absolute Gasteiger partial charge is 0.550 e. The van der Waals surface area contributed by atoms with E-state index in [1.54, 1.807) is 0 Å². The van der Waals surface area contributed by atoms with Crippen LogP contribution >= 0.6 is 0 Å². The van der Waals surface area contributed by atoms with Crippen molar-refractivity contribution in [1.82, 2.24) is 0 Å². The van der Waals surface area contributed by atoms with Gasteiger partial charge in [-0.05, 0) is 19.4 Å². The number of likely N-dealkylation sites (N-methyl/N-ethyl adjacent to an activating group) is 1. The number of aliphatic hydroxyl groups excluding tert-OH is 1. The maximum atomic E-state index is 10.1. The minimum atomic E-state index is -1.20. The number of carbonyl (C=O) groups is 2. The van der Waals surface area contributed by atoms with E-state index in [1.165, 1.54) is 0 Å². The molecule has 0 bridgehead atoms. The predicted octanol–water partition coefficient (Wildman–Crippen LogP) is -2.28. The minimum absolute atomic E-state index is 0.282. The third-order valence-corrected chi connectivity index (χ3v) is 2.45. The van der Waals surface area contributed by atoms with E-state index in [4.69, 9.17) is 21.7 Å². The minimum Gasteiger partial charge on any atom is -0.550 e. The number of nitrogens with two attached hydrogens (primary N) is 2. The van der Waals surface area contributed by atoms with Gasteiger partial charge in [0, 0.05) is 12.4 Å². The summed E-state index contributed by atoms with van der Waals surface area (Å²) in [4.78, 5) is 20.2. The first kappa shape index (κ1) is 22.1. The van der Waals surface area contributed by atoms with E-state index in [-0.39, 0.29) is 6.42 Å². The van der Waals surface area contributed by atoms with Gasteiger partial charge in [0.15, 0.2) is 0 Å². The van der Waals surface area contributed by atoms with Gasteiger partial charge < -0.3 is 36.1 Å². The molecule has 0 rings (SSSR count). The van der Waals surface area contributed by atoms with Gasteiger partial charge in [-0.1, -0.05) is 6.42 Å². The van der Waals surface area contributed by atoms with Gasteiger partial charge in [0.05, 0.1) is 21.1 Å². The molecule has 0 heterocycles. The van der Waals surface area contributed by atoms with Crippen molar-refractivity contribution in [3.8, 4) is 0 Å². The van der Waals surface area contributed by atoms with Gasteiger partial charge in [0.2, 0.25) is 0 Å². The third-order valence-electron chi connectivity index (χ3n) is 2.45. The van der Waals surface area contributed by atoms with Gasteiger partial charge in [-0.2, -0.15) is 0 Å². The van der Waals surface area contributed by atoms with Crippen molar-refractivity contribution in [2.24, 2.45) is 11.5 Å². The Kier molecular flexibility index (Phi) is 12.0. The molecular formula is C13H29N3O5. The van der Waals surface area contributed by atoms with Crippen LogP contribution in [0.25, 0.3) is 0 Å². The number of carboxylic acid groups (broad SMARTS) is 2. The van der Waals surface area contributed by atoms with Crippen LogP contribution in [0, 0.1) is 0 Å². The molecule has 0 amide bonds. The maximum Gasteiger partial charge on any atom is 0.320 e. The SMILES string of the molecule is C[N+](C)(C)CC(O)CC(=O)[O-].NCCCC[C@H](N)C(=O)O. The molecule has 8 nitrogen and oxygen atoms in total. The predicted molar refractivity (Wildman–Crippen MR) is 77.0 cm³/mol. The van der Waals surface area contributed by atoms with Crippen LogP contribution in [0.15, 0.2) is 0 Å². The summed E-state index contributed by atoms with van der Waals surface area (Å²) < 4.78 is 0.550. The molecule has 0 aromatic heterocycles. The number of carboxylic acids is 2. The molecule has 0 aromatic carbocycles. The van der Waals surface area contributed by atoms with Crippen LogP contribution in [0.5, 0.6) is 0 Å². The fraction of sp³-hybridized carbons (Fsp3) is 0.846. The van der Waals surface area contributed by atoms with E-state index in [9.17, 15) is 14.7 Å². The number of nitrogens with zero attached hydrogens (tertiary/aromatic N) is 1. The number of aliphatic carboxylic acids is 2. The maximum absolute atomic E-state index is 10.1. The van der Waals surface area contributed by atoms with E-state index < -0.39 is 24.1 Å². The Labute approximate surface area is 125 Å². The van der Waals surface area contributed by atoms with E-state index in [2.05, 4.69) is 0 Å². The number of quaternary nitrogens is 1. The van der Waals surface area contributed by atoms with Crippen molar-refractivity contribution in [3.63, 3.8) is 0 Å². The lowest BCUT2D eigenvalue weighted by Crippen LogP contribution is -2.43. The van der Waals surface area contributed by atoms with Crippen LogP contribution in [-0.4, -0.2) is 73.0 Å². The first-order chi connectivity index (χ1) is 9.49. The number of hydrogen-bond acceptors (Lipinski definition) is 6. The average Bonchev–Trinajstić information content (AvgIpc) is 2.25. The van der Waals surface area contributed by atoms with Crippen molar-refractivity contribution in [2.45, 2.75) is 37.8 Å². The summed E-state index contributed by atoms with van der Waals surface area (Å²) in [6.07, 6.45) is 1.08. The summed E-state index contributed by atoms with van der Waals surface area (Å²) in [6.45, 7) is 1.03. The van der Waals surface area contributed by atoms with Crippen LogP contribution in [0.2, 0.25) is 0 Å². The fourth-order valence-electron chi connectivity index (χ4n) is 1.52. The van der Waals surface area contributed by atoms with E-state index >= 15 is 0 Å². The number of aliphatic hydroxyl groups is 1. The Morgan fingerprint density at radius 2 is 1.76 bits per heavy atom.